The van der Waals surface area contributed by atoms with Crippen molar-refractivity contribution in [1.82, 2.24) is 0 Å². The zero-order chi connectivity index (χ0) is 11.0. The molecule has 0 aromatic rings. The highest BCUT2D eigenvalue weighted by atomic mass is 16.5. The zero-order valence-electron chi connectivity index (χ0n) is 10.1. The van der Waals surface area contributed by atoms with Gasteiger partial charge in [0.15, 0.2) is 5.78 Å². The monoisotopic (exact) mass is 200 g/mol. The molecular formula is C12H24O2. The van der Waals surface area contributed by atoms with E-state index in [1.165, 1.54) is 12.8 Å². The third-order valence-electron chi connectivity index (χ3n) is 2.19. The van der Waals surface area contributed by atoms with Crippen molar-refractivity contribution in [2.75, 3.05) is 13.7 Å². The lowest BCUT2D eigenvalue weighted by Gasteiger charge is -2.17. The molecule has 0 radical (unpaired) electrons. The van der Waals surface area contributed by atoms with Gasteiger partial charge >= 0.3 is 0 Å². The normalized spacial score (nSPS) is 11.7. The van der Waals surface area contributed by atoms with Crippen LogP contribution in [0.2, 0.25) is 0 Å². The molecule has 0 unspecified atom stereocenters. The van der Waals surface area contributed by atoms with Gasteiger partial charge in [-0.1, -0.05) is 33.6 Å². The van der Waals surface area contributed by atoms with Gasteiger partial charge < -0.3 is 4.74 Å². The van der Waals surface area contributed by atoms with Crippen LogP contribution < -0.4 is 0 Å². The summed E-state index contributed by atoms with van der Waals surface area (Å²) in [5.74, 6) is 0.225. The molecule has 0 N–H and O–H groups in total. The zero-order valence-corrected chi connectivity index (χ0v) is 10.1. The lowest BCUT2D eigenvalue weighted by Crippen LogP contribution is -2.07. The number of hydrogen-bond acceptors (Lipinski definition) is 2. The number of rotatable bonds is 7. The van der Waals surface area contributed by atoms with Gasteiger partial charge in [0, 0.05) is 13.5 Å². The number of methoxy groups -OCH3 is 1. The van der Waals surface area contributed by atoms with E-state index in [1.54, 1.807) is 7.11 Å². The fourth-order valence-corrected chi connectivity index (χ4v) is 1.39. The van der Waals surface area contributed by atoms with E-state index in [4.69, 9.17) is 4.74 Å². The molecule has 84 valence electrons. The molecule has 0 aliphatic heterocycles. The van der Waals surface area contributed by atoms with Crippen LogP contribution in [0.15, 0.2) is 0 Å². The maximum Gasteiger partial charge on any atom is 0.158 e. The van der Waals surface area contributed by atoms with Crippen molar-refractivity contribution in [1.29, 1.82) is 0 Å². The standard InChI is InChI=1S/C12H24O2/c1-12(2,3)9-7-5-6-8-11(13)10-14-4/h5-10H2,1-4H3. The van der Waals surface area contributed by atoms with Gasteiger partial charge in [-0.05, 0) is 18.3 Å². The summed E-state index contributed by atoms with van der Waals surface area (Å²) in [6, 6.07) is 0. The lowest BCUT2D eigenvalue weighted by molar-refractivity contribution is -0.122. The largest absolute Gasteiger partial charge is 0.377 e. The van der Waals surface area contributed by atoms with Crippen molar-refractivity contribution in [2.45, 2.75) is 52.9 Å². The maximum absolute atomic E-state index is 11.1. The summed E-state index contributed by atoms with van der Waals surface area (Å²) in [6.45, 7) is 7.04. The van der Waals surface area contributed by atoms with Crippen LogP contribution in [0.25, 0.3) is 0 Å². The van der Waals surface area contributed by atoms with Crippen molar-refractivity contribution in [3.63, 3.8) is 0 Å². The predicted molar refractivity (Wildman–Crippen MR) is 59.4 cm³/mol. The summed E-state index contributed by atoms with van der Waals surface area (Å²) in [5.41, 5.74) is 0.427. The maximum atomic E-state index is 11.1. The van der Waals surface area contributed by atoms with Gasteiger partial charge in [0.1, 0.15) is 6.61 Å². The Bertz CT molecular complexity index is 156. The second-order valence-electron chi connectivity index (χ2n) is 5.09. The fourth-order valence-electron chi connectivity index (χ4n) is 1.39. The molecule has 0 spiro atoms. The van der Waals surface area contributed by atoms with Crippen LogP contribution in [-0.4, -0.2) is 19.5 Å². The first-order chi connectivity index (χ1) is 6.45. The molecule has 0 saturated carbocycles. The van der Waals surface area contributed by atoms with Crippen LogP contribution in [0.3, 0.4) is 0 Å². The van der Waals surface area contributed by atoms with Crippen LogP contribution in [-0.2, 0) is 9.53 Å². The van der Waals surface area contributed by atoms with Gasteiger partial charge in [-0.25, -0.2) is 0 Å². The first-order valence-electron chi connectivity index (χ1n) is 5.46. The van der Waals surface area contributed by atoms with Crippen LogP contribution in [0, 0.1) is 5.41 Å². The Kier molecular flexibility index (Phi) is 6.81. The second-order valence-corrected chi connectivity index (χ2v) is 5.09. The molecule has 0 aliphatic rings. The Morgan fingerprint density at radius 1 is 1.14 bits per heavy atom. The molecule has 14 heavy (non-hydrogen) atoms. The molecular weight excluding hydrogens is 176 g/mol. The molecule has 2 heteroatoms. The quantitative estimate of drug-likeness (QED) is 0.590. The van der Waals surface area contributed by atoms with E-state index in [2.05, 4.69) is 20.8 Å². The van der Waals surface area contributed by atoms with E-state index in [0.29, 0.717) is 11.8 Å². The Morgan fingerprint density at radius 2 is 1.79 bits per heavy atom. The Labute approximate surface area is 88.0 Å². The molecule has 0 amide bonds. The number of carbonyl (C=O) groups is 1. The number of unbranched alkanes of at least 4 members (excludes halogenated alkanes) is 2. The van der Waals surface area contributed by atoms with Crippen LogP contribution in [0.5, 0.6) is 0 Å². The van der Waals surface area contributed by atoms with E-state index in [9.17, 15) is 4.79 Å². The summed E-state index contributed by atoms with van der Waals surface area (Å²) in [6.07, 6.45) is 5.32. The van der Waals surface area contributed by atoms with Gasteiger partial charge in [0.2, 0.25) is 0 Å². The van der Waals surface area contributed by atoms with Gasteiger partial charge in [-0.2, -0.15) is 0 Å². The Hall–Kier alpha value is -0.370. The summed E-state index contributed by atoms with van der Waals surface area (Å²) < 4.78 is 4.77. The lowest BCUT2D eigenvalue weighted by atomic mass is 9.89. The van der Waals surface area contributed by atoms with Crippen molar-refractivity contribution in [3.8, 4) is 0 Å². The molecule has 0 aliphatic carbocycles. The van der Waals surface area contributed by atoms with Crippen molar-refractivity contribution < 1.29 is 9.53 Å². The second kappa shape index (κ2) is 6.99. The molecule has 0 fully saturated rings. The van der Waals surface area contributed by atoms with E-state index in [1.807, 2.05) is 0 Å². The fraction of sp³-hybridized carbons (Fsp3) is 0.917. The molecule has 0 heterocycles. The third kappa shape index (κ3) is 9.72. The van der Waals surface area contributed by atoms with Gasteiger partial charge in [-0.15, -0.1) is 0 Å². The Balaban J connectivity index is 3.26. The number of hydrogen-bond donors (Lipinski definition) is 0. The molecule has 0 bridgehead atoms. The summed E-state index contributed by atoms with van der Waals surface area (Å²) >= 11 is 0. The minimum absolute atomic E-state index is 0.225. The first-order valence-corrected chi connectivity index (χ1v) is 5.46. The highest BCUT2D eigenvalue weighted by molar-refractivity contribution is 5.79. The SMILES string of the molecule is COCC(=O)CCCCCC(C)(C)C. The smallest absolute Gasteiger partial charge is 0.158 e. The minimum atomic E-state index is 0.225. The molecule has 0 aromatic carbocycles. The summed E-state index contributed by atoms with van der Waals surface area (Å²) in [5, 5.41) is 0. The minimum Gasteiger partial charge on any atom is -0.377 e. The van der Waals surface area contributed by atoms with Gasteiger partial charge in [0.25, 0.3) is 0 Å². The molecule has 0 aromatic heterocycles. The van der Waals surface area contributed by atoms with E-state index in [-0.39, 0.29) is 12.4 Å². The van der Waals surface area contributed by atoms with E-state index in [0.717, 1.165) is 12.8 Å². The third-order valence-corrected chi connectivity index (χ3v) is 2.19. The van der Waals surface area contributed by atoms with Crippen molar-refractivity contribution >= 4 is 5.78 Å². The van der Waals surface area contributed by atoms with Gasteiger partial charge in [-0.3, -0.25) is 4.79 Å². The van der Waals surface area contributed by atoms with E-state index < -0.39 is 0 Å². The van der Waals surface area contributed by atoms with Crippen molar-refractivity contribution in [2.24, 2.45) is 5.41 Å². The highest BCUT2D eigenvalue weighted by Gasteiger charge is 2.09. The molecule has 2 nitrogen and oxygen atoms in total. The average molecular weight is 200 g/mol. The van der Waals surface area contributed by atoms with E-state index >= 15 is 0 Å². The number of Topliss-reactive ketones (excluding diaryl/α,β-unsaturated/α-hetero) is 1. The number of carbonyl (C=O) groups excluding carboxylic acids is 1. The molecule has 0 rings (SSSR count). The molecule has 0 atom stereocenters. The molecule has 0 saturated heterocycles. The van der Waals surface area contributed by atoms with Crippen molar-refractivity contribution in [3.05, 3.63) is 0 Å². The number of ether oxygens (including phenoxy) is 1. The topological polar surface area (TPSA) is 26.3 Å². The van der Waals surface area contributed by atoms with Crippen LogP contribution >= 0.6 is 0 Å². The highest BCUT2D eigenvalue weighted by Crippen LogP contribution is 2.22. The summed E-state index contributed by atoms with van der Waals surface area (Å²) in [4.78, 5) is 11.1. The Morgan fingerprint density at radius 3 is 2.29 bits per heavy atom. The van der Waals surface area contributed by atoms with Gasteiger partial charge in [0.05, 0.1) is 0 Å². The first kappa shape index (κ1) is 13.6. The number of ketones is 1. The van der Waals surface area contributed by atoms with Crippen LogP contribution in [0.4, 0.5) is 0 Å². The summed E-state index contributed by atoms with van der Waals surface area (Å²) in [7, 11) is 1.57. The average Bonchev–Trinajstić information content (AvgIpc) is 2.02. The van der Waals surface area contributed by atoms with Crippen LogP contribution in [0.1, 0.15) is 52.9 Å². The predicted octanol–water partition coefficient (Wildman–Crippen LogP) is 3.20.